The van der Waals surface area contributed by atoms with Crippen LogP contribution in [0.1, 0.15) is 0 Å². The highest BCUT2D eigenvalue weighted by Crippen LogP contribution is 2.45. The van der Waals surface area contributed by atoms with Gasteiger partial charge in [0.15, 0.2) is 4.71 Å². The predicted molar refractivity (Wildman–Crippen MR) is 39.2 cm³/mol. The van der Waals surface area contributed by atoms with Crippen LogP contribution >= 0.6 is 23.5 Å². The monoisotopic (exact) mass is 257 g/mol. The quantitative estimate of drug-likeness (QED) is 0.337. The lowest BCUT2D eigenvalue weighted by atomic mass is 11.3. The third kappa shape index (κ3) is 8.27. The molecule has 10 heteroatoms. The van der Waals surface area contributed by atoms with E-state index in [1.54, 1.807) is 0 Å². The summed E-state index contributed by atoms with van der Waals surface area (Å²) in [6.07, 6.45) is 0.646. The maximum Gasteiger partial charge on any atom is 0.444 e. The van der Waals surface area contributed by atoms with E-state index in [4.69, 9.17) is 0 Å². The van der Waals surface area contributed by atoms with Gasteiger partial charge in [0.05, 0.1) is 0 Å². The van der Waals surface area contributed by atoms with Crippen molar-refractivity contribution in [2.75, 3.05) is 0 Å². The van der Waals surface area contributed by atoms with Gasteiger partial charge in [-0.3, -0.25) is 0 Å². The fourth-order valence-corrected chi connectivity index (χ4v) is 1.84. The molecule has 0 radical (unpaired) electrons. The van der Waals surface area contributed by atoms with Gasteiger partial charge in [0, 0.05) is 0 Å². The second kappa shape index (κ2) is 4.94. The highest BCUT2D eigenvalue weighted by Gasteiger charge is 2.40. The molecule has 0 heterocycles. The Kier molecular flexibility index (Phi) is 4.82. The first-order chi connectivity index (χ1) is 6.14. The predicted octanol–water partition coefficient (Wildman–Crippen LogP) is 3.11. The molecule has 0 aromatic rings. The SMILES string of the molecule is O=C=NC(SC(F)(F)F)SC(F)(F)F. The summed E-state index contributed by atoms with van der Waals surface area (Å²) in [4.78, 5) is 11.9. The summed E-state index contributed by atoms with van der Waals surface area (Å²) in [6, 6.07) is 0. The van der Waals surface area contributed by atoms with Crippen molar-refractivity contribution in [1.29, 1.82) is 0 Å². The number of isocyanates is 1. The zero-order valence-corrected chi connectivity index (χ0v) is 7.65. The van der Waals surface area contributed by atoms with Crippen LogP contribution in [0.15, 0.2) is 4.99 Å². The molecule has 0 aliphatic heterocycles. The van der Waals surface area contributed by atoms with Gasteiger partial charge in [-0.25, -0.2) is 4.79 Å². The maximum absolute atomic E-state index is 11.6. The molecule has 0 unspecified atom stereocenters. The molecule has 0 amide bonds. The molecule has 0 bridgehead atoms. The average Bonchev–Trinajstić information content (AvgIpc) is 1.78. The van der Waals surface area contributed by atoms with E-state index in [1.165, 1.54) is 0 Å². The van der Waals surface area contributed by atoms with Gasteiger partial charge in [-0.15, -0.1) is 0 Å². The van der Waals surface area contributed by atoms with Crippen molar-refractivity contribution in [1.82, 2.24) is 0 Å². The molecule has 0 atom stereocenters. The van der Waals surface area contributed by atoms with Gasteiger partial charge >= 0.3 is 11.0 Å². The topological polar surface area (TPSA) is 29.4 Å². The summed E-state index contributed by atoms with van der Waals surface area (Å²) in [7, 11) is 0. The molecule has 0 aromatic heterocycles. The largest absolute Gasteiger partial charge is 0.444 e. The first-order valence-electron chi connectivity index (χ1n) is 2.70. The Morgan fingerprint density at radius 2 is 1.36 bits per heavy atom. The van der Waals surface area contributed by atoms with Crippen molar-refractivity contribution < 1.29 is 31.1 Å². The molecular weight excluding hydrogens is 256 g/mol. The number of rotatable bonds is 3. The van der Waals surface area contributed by atoms with Gasteiger partial charge in [-0.1, -0.05) is 0 Å². The van der Waals surface area contributed by atoms with Crippen molar-refractivity contribution in [3.8, 4) is 0 Å². The number of halogens is 6. The fraction of sp³-hybridized carbons (Fsp3) is 0.750. The van der Waals surface area contributed by atoms with Crippen molar-refractivity contribution in [2.45, 2.75) is 15.7 Å². The van der Waals surface area contributed by atoms with Crippen LogP contribution < -0.4 is 0 Å². The zero-order chi connectivity index (χ0) is 11.4. The Morgan fingerprint density at radius 1 is 1.00 bits per heavy atom. The second-order valence-electron chi connectivity index (χ2n) is 1.65. The van der Waals surface area contributed by atoms with Crippen LogP contribution in [-0.2, 0) is 4.79 Å². The molecule has 0 saturated heterocycles. The molecule has 0 fully saturated rings. The van der Waals surface area contributed by atoms with Gasteiger partial charge in [0.1, 0.15) is 0 Å². The average molecular weight is 257 g/mol. The standard InChI is InChI=1S/C4HF6NOS2/c5-3(6,7)13-2(11-1-12)14-4(8,9)10/h2H. The summed E-state index contributed by atoms with van der Waals surface area (Å²) in [6.45, 7) is 0. The van der Waals surface area contributed by atoms with E-state index in [2.05, 4.69) is 4.99 Å². The van der Waals surface area contributed by atoms with Crippen molar-refractivity contribution >= 4 is 29.6 Å². The highest BCUT2D eigenvalue weighted by atomic mass is 32.2. The van der Waals surface area contributed by atoms with E-state index in [0.29, 0.717) is 6.08 Å². The molecule has 0 rings (SSSR count). The number of hydrogen-bond donors (Lipinski definition) is 0. The zero-order valence-electron chi connectivity index (χ0n) is 6.02. The normalized spacial score (nSPS) is 12.8. The van der Waals surface area contributed by atoms with Crippen LogP contribution in [0.4, 0.5) is 26.3 Å². The molecule has 82 valence electrons. The Balaban J connectivity index is 4.39. The van der Waals surface area contributed by atoms with Crippen LogP contribution in [0, 0.1) is 0 Å². The Hall–Kier alpha value is -0.340. The molecule has 0 spiro atoms. The Bertz CT molecular complexity index is 215. The van der Waals surface area contributed by atoms with E-state index < -0.39 is 39.2 Å². The highest BCUT2D eigenvalue weighted by molar-refractivity contribution is 8.17. The molecule has 0 aromatic carbocycles. The minimum absolute atomic E-state index is 0.646. The van der Waals surface area contributed by atoms with E-state index in [0.717, 1.165) is 0 Å². The number of aliphatic imine (C=N–C) groups is 1. The first kappa shape index (κ1) is 13.7. The summed E-state index contributed by atoms with van der Waals surface area (Å²) in [5, 5.41) is 0. The molecule has 14 heavy (non-hydrogen) atoms. The molecule has 0 aliphatic rings. The van der Waals surface area contributed by atoms with Crippen molar-refractivity contribution in [3.05, 3.63) is 0 Å². The smallest absolute Gasteiger partial charge is 0.211 e. The minimum atomic E-state index is -4.89. The van der Waals surface area contributed by atoms with Crippen LogP contribution in [0.25, 0.3) is 0 Å². The fourth-order valence-electron chi connectivity index (χ4n) is 0.348. The minimum Gasteiger partial charge on any atom is -0.211 e. The van der Waals surface area contributed by atoms with Gasteiger partial charge in [0.25, 0.3) is 0 Å². The van der Waals surface area contributed by atoms with Crippen LogP contribution in [0.2, 0.25) is 0 Å². The third-order valence-corrected chi connectivity index (χ3v) is 2.35. The first-order valence-corrected chi connectivity index (χ1v) is 4.46. The van der Waals surface area contributed by atoms with Crippen LogP contribution in [0.5, 0.6) is 0 Å². The van der Waals surface area contributed by atoms with Crippen molar-refractivity contribution in [3.63, 3.8) is 0 Å². The summed E-state index contributed by atoms with van der Waals surface area (Å²) in [5.41, 5.74) is -9.77. The summed E-state index contributed by atoms with van der Waals surface area (Å²) < 4.78 is 67.3. The van der Waals surface area contributed by atoms with Crippen molar-refractivity contribution in [2.24, 2.45) is 4.99 Å². The number of carbonyl (C=O) groups excluding carboxylic acids is 1. The third-order valence-electron chi connectivity index (χ3n) is 0.627. The van der Waals surface area contributed by atoms with Gasteiger partial charge in [0.2, 0.25) is 6.08 Å². The van der Waals surface area contributed by atoms with Gasteiger partial charge < -0.3 is 0 Å². The maximum atomic E-state index is 11.6. The van der Waals surface area contributed by atoms with Gasteiger partial charge in [-0.05, 0) is 23.5 Å². The van der Waals surface area contributed by atoms with E-state index >= 15 is 0 Å². The number of alkyl halides is 6. The molecule has 0 N–H and O–H groups in total. The molecule has 2 nitrogen and oxygen atoms in total. The number of hydrogen-bond acceptors (Lipinski definition) is 4. The van der Waals surface area contributed by atoms with E-state index in [-0.39, 0.29) is 0 Å². The Labute approximate surface area is 82.1 Å². The lowest BCUT2D eigenvalue weighted by Crippen LogP contribution is -2.12. The van der Waals surface area contributed by atoms with E-state index in [9.17, 15) is 31.1 Å². The van der Waals surface area contributed by atoms with Crippen LogP contribution in [0.3, 0.4) is 0 Å². The van der Waals surface area contributed by atoms with E-state index in [1.807, 2.05) is 0 Å². The summed E-state index contributed by atoms with van der Waals surface area (Å²) >= 11 is -2.07. The lowest BCUT2D eigenvalue weighted by molar-refractivity contribution is -0.0344. The number of thioether (sulfide) groups is 2. The molecular formula is C4HF6NOS2. The number of nitrogens with zero attached hydrogens (tertiary/aromatic N) is 1. The Morgan fingerprint density at radius 3 is 1.57 bits per heavy atom. The van der Waals surface area contributed by atoms with Gasteiger partial charge in [-0.2, -0.15) is 31.3 Å². The van der Waals surface area contributed by atoms with Crippen LogP contribution in [-0.4, -0.2) is 21.8 Å². The summed E-state index contributed by atoms with van der Waals surface area (Å²) in [5.74, 6) is 0. The lowest BCUT2D eigenvalue weighted by Gasteiger charge is -2.13. The molecule has 0 saturated carbocycles. The molecule has 0 aliphatic carbocycles. The second-order valence-corrected chi connectivity index (χ2v) is 4.24.